The monoisotopic (exact) mass is 626 g/mol. The van der Waals surface area contributed by atoms with Gasteiger partial charge in [0.15, 0.2) is 8.32 Å². The maximum atomic E-state index is 10.8. The van der Waals surface area contributed by atoms with Crippen molar-refractivity contribution in [2.75, 3.05) is 132 Å². The summed E-state index contributed by atoms with van der Waals surface area (Å²) in [6, 6.07) is 0. The van der Waals surface area contributed by atoms with Crippen LogP contribution in [0.3, 0.4) is 0 Å². The minimum Gasteiger partial charge on any atom is -0.460 e. The molecule has 0 aliphatic heterocycles. The molecule has 0 saturated heterocycles. The molecule has 0 saturated carbocycles. The lowest BCUT2D eigenvalue weighted by molar-refractivity contribution is -0.139. The van der Waals surface area contributed by atoms with E-state index in [0.29, 0.717) is 126 Å². The van der Waals surface area contributed by atoms with Crippen molar-refractivity contribution >= 4 is 14.3 Å². The van der Waals surface area contributed by atoms with Crippen LogP contribution < -0.4 is 0 Å². The standard InChI is InChI=1S/C29H58O12Si/c1-7-28(30)40-26-24-38-22-20-36-18-16-34-14-12-32-10-8-31-9-11-33-13-15-35-17-19-37-21-23-39-25-27-41-42(5,6)29(2,3)4/h7H,1,8-27H2,2-6H3. The Labute approximate surface area is 254 Å². The highest BCUT2D eigenvalue weighted by Crippen LogP contribution is 2.36. The maximum absolute atomic E-state index is 10.8. The summed E-state index contributed by atoms with van der Waals surface area (Å²) in [5.41, 5.74) is 0. The van der Waals surface area contributed by atoms with Crippen LogP contribution in [0.25, 0.3) is 0 Å². The van der Waals surface area contributed by atoms with Crippen LogP contribution >= 0.6 is 0 Å². The molecule has 0 aromatic carbocycles. The zero-order valence-corrected chi connectivity index (χ0v) is 27.8. The van der Waals surface area contributed by atoms with Crippen LogP contribution in [0.5, 0.6) is 0 Å². The van der Waals surface area contributed by atoms with Gasteiger partial charge in [-0.2, -0.15) is 0 Å². The second-order valence-corrected chi connectivity index (χ2v) is 15.3. The fourth-order valence-electron chi connectivity index (χ4n) is 2.69. The van der Waals surface area contributed by atoms with Gasteiger partial charge in [-0.3, -0.25) is 0 Å². The molecule has 0 aliphatic rings. The summed E-state index contributed by atoms with van der Waals surface area (Å²) in [6.45, 7) is 24.2. The summed E-state index contributed by atoms with van der Waals surface area (Å²) in [4.78, 5) is 10.8. The Morgan fingerprint density at radius 2 is 0.738 bits per heavy atom. The minimum absolute atomic E-state index is 0.201. The van der Waals surface area contributed by atoms with Crippen LogP contribution in [0, 0.1) is 0 Å². The third-order valence-corrected chi connectivity index (χ3v) is 10.6. The van der Waals surface area contributed by atoms with Crippen molar-refractivity contribution in [1.29, 1.82) is 0 Å². The van der Waals surface area contributed by atoms with Gasteiger partial charge in [0.25, 0.3) is 0 Å². The van der Waals surface area contributed by atoms with Crippen molar-refractivity contribution in [1.82, 2.24) is 0 Å². The molecule has 0 aromatic heterocycles. The third kappa shape index (κ3) is 27.8. The van der Waals surface area contributed by atoms with Gasteiger partial charge in [-0.25, -0.2) is 4.79 Å². The number of hydrogen-bond acceptors (Lipinski definition) is 12. The minimum atomic E-state index is -1.70. The average Bonchev–Trinajstić information content (AvgIpc) is 2.95. The average molecular weight is 627 g/mol. The van der Waals surface area contributed by atoms with Crippen molar-refractivity contribution in [3.8, 4) is 0 Å². The molecule has 0 unspecified atom stereocenters. The predicted molar refractivity (Wildman–Crippen MR) is 162 cm³/mol. The summed E-state index contributed by atoms with van der Waals surface area (Å²) in [5.74, 6) is -0.457. The Morgan fingerprint density at radius 1 is 0.500 bits per heavy atom. The molecule has 42 heavy (non-hydrogen) atoms. The van der Waals surface area contributed by atoms with Crippen molar-refractivity contribution < 1.29 is 56.6 Å². The molecule has 250 valence electrons. The summed E-state index contributed by atoms with van der Waals surface area (Å²) >= 11 is 0. The van der Waals surface area contributed by atoms with Gasteiger partial charge in [-0.15, -0.1) is 0 Å². The van der Waals surface area contributed by atoms with Crippen molar-refractivity contribution in [2.24, 2.45) is 0 Å². The Balaban J connectivity index is 3.14. The van der Waals surface area contributed by atoms with Gasteiger partial charge in [-0.05, 0) is 18.1 Å². The molecule has 0 N–H and O–H groups in total. The molecule has 0 spiro atoms. The summed E-state index contributed by atoms with van der Waals surface area (Å²) in [5, 5.41) is 0.215. The van der Waals surface area contributed by atoms with E-state index in [1.807, 2.05) is 0 Å². The molecule has 0 aromatic rings. The van der Waals surface area contributed by atoms with Crippen LogP contribution in [-0.2, 0) is 56.6 Å². The first-order chi connectivity index (χ1) is 20.2. The zero-order valence-electron chi connectivity index (χ0n) is 26.8. The first-order valence-electron chi connectivity index (χ1n) is 14.8. The van der Waals surface area contributed by atoms with E-state index in [0.717, 1.165) is 6.08 Å². The van der Waals surface area contributed by atoms with Gasteiger partial charge in [0.1, 0.15) is 6.61 Å². The van der Waals surface area contributed by atoms with E-state index in [-0.39, 0.29) is 11.6 Å². The van der Waals surface area contributed by atoms with Crippen molar-refractivity contribution in [3.05, 3.63) is 12.7 Å². The number of carbonyl (C=O) groups is 1. The fraction of sp³-hybridized carbons (Fsp3) is 0.897. The number of esters is 1. The number of hydrogen-bond donors (Lipinski definition) is 0. The van der Waals surface area contributed by atoms with Gasteiger partial charge < -0.3 is 51.8 Å². The molecule has 0 heterocycles. The van der Waals surface area contributed by atoms with Crippen LogP contribution in [0.1, 0.15) is 20.8 Å². The largest absolute Gasteiger partial charge is 0.460 e. The fourth-order valence-corrected chi connectivity index (χ4v) is 3.72. The Bertz CT molecular complexity index is 616. The van der Waals surface area contributed by atoms with E-state index in [9.17, 15) is 4.79 Å². The molecule has 0 bridgehead atoms. The first kappa shape index (κ1) is 41.0. The highest BCUT2D eigenvalue weighted by Gasteiger charge is 2.36. The summed E-state index contributed by atoms with van der Waals surface area (Å²) in [6.07, 6.45) is 1.12. The van der Waals surface area contributed by atoms with E-state index in [1.54, 1.807) is 0 Å². The number of rotatable bonds is 32. The zero-order chi connectivity index (χ0) is 31.2. The second kappa shape index (κ2) is 28.8. The van der Waals surface area contributed by atoms with Gasteiger partial charge in [0, 0.05) is 6.08 Å². The molecular formula is C29H58O12Si. The van der Waals surface area contributed by atoms with Crippen molar-refractivity contribution in [3.63, 3.8) is 0 Å². The van der Waals surface area contributed by atoms with Gasteiger partial charge in [0.2, 0.25) is 0 Å². The van der Waals surface area contributed by atoms with Crippen molar-refractivity contribution in [2.45, 2.75) is 38.9 Å². The lowest BCUT2D eigenvalue weighted by atomic mass is 10.2. The molecule has 0 amide bonds. The van der Waals surface area contributed by atoms with Crippen LogP contribution in [0.4, 0.5) is 0 Å². The quantitative estimate of drug-likeness (QED) is 0.0473. The molecule has 12 nitrogen and oxygen atoms in total. The Morgan fingerprint density at radius 3 is 0.976 bits per heavy atom. The molecule has 13 heteroatoms. The van der Waals surface area contributed by atoms with E-state index < -0.39 is 14.3 Å². The molecule has 0 radical (unpaired) electrons. The predicted octanol–water partition coefficient (Wildman–Crippen LogP) is 2.89. The molecule has 0 aliphatic carbocycles. The highest BCUT2D eigenvalue weighted by molar-refractivity contribution is 6.74. The normalized spacial score (nSPS) is 12.1. The van der Waals surface area contributed by atoms with E-state index in [2.05, 4.69) is 40.4 Å². The van der Waals surface area contributed by atoms with Crippen LogP contribution in [0.2, 0.25) is 18.1 Å². The molecule has 0 rings (SSSR count). The van der Waals surface area contributed by atoms with E-state index in [1.165, 1.54) is 0 Å². The molecule has 0 fully saturated rings. The first-order valence-corrected chi connectivity index (χ1v) is 17.7. The topological polar surface area (TPSA) is 119 Å². The SMILES string of the molecule is C=CC(=O)OCCOCCOCCOCCOCCOCCOCCOCCOCCOCCO[Si](C)(C)C(C)(C)C. The highest BCUT2D eigenvalue weighted by atomic mass is 28.4. The maximum Gasteiger partial charge on any atom is 0.330 e. The summed E-state index contributed by atoms with van der Waals surface area (Å²) in [7, 11) is -1.70. The number of ether oxygens (including phenoxy) is 10. The van der Waals surface area contributed by atoms with Gasteiger partial charge in [0.05, 0.1) is 126 Å². The molecular weight excluding hydrogens is 568 g/mol. The molecule has 0 atom stereocenters. The van der Waals surface area contributed by atoms with Gasteiger partial charge in [-0.1, -0.05) is 27.4 Å². The Hall–Kier alpha value is -0.973. The number of carbonyl (C=O) groups excluding carboxylic acids is 1. The van der Waals surface area contributed by atoms with Crippen LogP contribution in [-0.4, -0.2) is 146 Å². The van der Waals surface area contributed by atoms with Gasteiger partial charge >= 0.3 is 5.97 Å². The summed E-state index contributed by atoms with van der Waals surface area (Å²) < 4.78 is 59.9. The Kier molecular flexibility index (Phi) is 28.1. The van der Waals surface area contributed by atoms with E-state index in [4.69, 9.17) is 51.8 Å². The lowest BCUT2D eigenvalue weighted by Gasteiger charge is -2.36. The second-order valence-electron chi connectivity index (χ2n) is 10.5. The lowest BCUT2D eigenvalue weighted by Crippen LogP contribution is -2.41. The van der Waals surface area contributed by atoms with Crippen LogP contribution in [0.15, 0.2) is 12.7 Å². The smallest absolute Gasteiger partial charge is 0.330 e. The third-order valence-electron chi connectivity index (χ3n) is 6.11. The van der Waals surface area contributed by atoms with E-state index >= 15 is 0 Å².